The summed E-state index contributed by atoms with van der Waals surface area (Å²) in [5.41, 5.74) is 7.18. The summed E-state index contributed by atoms with van der Waals surface area (Å²) in [5, 5.41) is 19.7. The fourth-order valence-corrected chi connectivity index (χ4v) is 8.98. The van der Waals surface area contributed by atoms with Gasteiger partial charge in [0.05, 0.1) is 11.0 Å². The number of hydrogen-bond acceptors (Lipinski definition) is 3. The molecule has 3 nitrogen and oxygen atoms in total. The monoisotopic (exact) mass is 352 g/mol. The maximum atomic E-state index is 12.1. The van der Waals surface area contributed by atoms with Crippen LogP contribution in [0.2, 0.25) is 0 Å². The highest BCUT2D eigenvalue weighted by Crippen LogP contribution is 3.06. The van der Waals surface area contributed by atoms with Crippen LogP contribution in [-0.4, -0.2) is 36.4 Å². The van der Waals surface area contributed by atoms with E-state index in [2.05, 4.69) is 17.6 Å². The quantitative estimate of drug-likeness (QED) is 0.680. The Kier molecular flexibility index (Phi) is 2.65. The highest BCUT2D eigenvalue weighted by molar-refractivity contribution is 5.98. The van der Waals surface area contributed by atoms with Gasteiger partial charge in [-0.3, -0.25) is 0 Å². The SMILES string of the molecule is CCC1C2=C3C1CC1CNCCCCCC4CC(O)(CCN4)C14C1=C2C314. The van der Waals surface area contributed by atoms with E-state index in [1.54, 1.807) is 16.7 Å². The average Bonchev–Trinajstić information content (AvgIpc) is 3.40. The van der Waals surface area contributed by atoms with E-state index in [-0.39, 0.29) is 5.41 Å². The first-order valence-electron chi connectivity index (χ1n) is 11.4. The van der Waals surface area contributed by atoms with Gasteiger partial charge in [0.2, 0.25) is 0 Å². The lowest BCUT2D eigenvalue weighted by atomic mass is 9.40. The number of piperidine rings is 1. The van der Waals surface area contributed by atoms with Gasteiger partial charge in [-0.25, -0.2) is 0 Å². The van der Waals surface area contributed by atoms with E-state index in [0.29, 0.717) is 17.4 Å². The van der Waals surface area contributed by atoms with Gasteiger partial charge in [0, 0.05) is 11.5 Å². The molecule has 5 aliphatic carbocycles. The summed E-state index contributed by atoms with van der Waals surface area (Å²) >= 11 is 0. The molecule has 2 spiro atoms. The highest BCUT2D eigenvalue weighted by atomic mass is 16.3. The van der Waals surface area contributed by atoms with Crippen molar-refractivity contribution in [3.05, 3.63) is 22.3 Å². The molecular weight excluding hydrogens is 320 g/mol. The van der Waals surface area contributed by atoms with Crippen molar-refractivity contribution in [3.8, 4) is 0 Å². The van der Waals surface area contributed by atoms with Crippen LogP contribution in [0.1, 0.15) is 58.3 Å². The highest BCUT2D eigenvalue weighted by Gasteiger charge is 3.01. The Morgan fingerprint density at radius 1 is 1.19 bits per heavy atom. The minimum Gasteiger partial charge on any atom is -0.389 e. The standard InChI is InChI=1S/C23H32N2O/c1-2-15-16-10-13-12-24-8-5-3-4-6-14-11-21(26,7-9-25-14)23(13)20-19-17(15)18(16)22(19,20)23/h13-16,24-26H,2-12H2,1H3. The number of rotatable bonds is 1. The van der Waals surface area contributed by atoms with Gasteiger partial charge in [0.15, 0.2) is 0 Å². The van der Waals surface area contributed by atoms with Crippen LogP contribution in [0.15, 0.2) is 22.3 Å². The van der Waals surface area contributed by atoms with E-state index < -0.39 is 5.60 Å². The lowest BCUT2D eigenvalue weighted by Crippen LogP contribution is -2.64. The first kappa shape index (κ1) is 15.3. The van der Waals surface area contributed by atoms with Gasteiger partial charge in [-0.05, 0) is 98.2 Å². The molecule has 0 aromatic rings. The predicted molar refractivity (Wildman–Crippen MR) is 102 cm³/mol. The molecule has 26 heavy (non-hydrogen) atoms. The van der Waals surface area contributed by atoms with E-state index in [1.807, 2.05) is 5.57 Å². The summed E-state index contributed by atoms with van der Waals surface area (Å²) in [4.78, 5) is 0. The average molecular weight is 353 g/mol. The zero-order valence-corrected chi connectivity index (χ0v) is 16.0. The van der Waals surface area contributed by atoms with Gasteiger partial charge >= 0.3 is 0 Å². The van der Waals surface area contributed by atoms with Crippen molar-refractivity contribution in [2.45, 2.75) is 69.9 Å². The van der Waals surface area contributed by atoms with Crippen molar-refractivity contribution in [1.29, 1.82) is 0 Å². The molecule has 2 saturated carbocycles. The van der Waals surface area contributed by atoms with Gasteiger partial charge in [0.1, 0.15) is 0 Å². The molecule has 2 bridgehead atoms. The summed E-state index contributed by atoms with van der Waals surface area (Å²) in [5.74, 6) is 2.38. The maximum absolute atomic E-state index is 12.1. The minimum absolute atomic E-state index is 0.149. The molecule has 2 saturated heterocycles. The topological polar surface area (TPSA) is 44.3 Å². The Labute approximate surface area is 156 Å². The van der Waals surface area contributed by atoms with Crippen molar-refractivity contribution in [3.63, 3.8) is 0 Å². The molecule has 3 heteroatoms. The Hall–Kier alpha value is -0.640. The molecule has 0 amide bonds. The normalized spacial score (nSPS) is 56.1. The van der Waals surface area contributed by atoms with Crippen molar-refractivity contribution in [1.82, 2.24) is 10.6 Å². The molecule has 7 rings (SSSR count). The molecular formula is C23H32N2O. The van der Waals surface area contributed by atoms with Crippen LogP contribution in [0.4, 0.5) is 0 Å². The number of hydrogen-bond donors (Lipinski definition) is 3. The van der Waals surface area contributed by atoms with Gasteiger partial charge < -0.3 is 15.7 Å². The molecule has 140 valence electrons. The Bertz CT molecular complexity index is 783. The fourth-order valence-electron chi connectivity index (χ4n) is 8.98. The first-order chi connectivity index (χ1) is 12.7. The number of aliphatic hydroxyl groups is 1. The third-order valence-corrected chi connectivity index (χ3v) is 9.73. The van der Waals surface area contributed by atoms with E-state index in [1.165, 1.54) is 38.5 Å². The van der Waals surface area contributed by atoms with Crippen LogP contribution in [0.25, 0.3) is 0 Å². The van der Waals surface area contributed by atoms with E-state index in [4.69, 9.17) is 0 Å². The minimum atomic E-state index is -0.450. The molecule has 0 aromatic carbocycles. The van der Waals surface area contributed by atoms with E-state index >= 15 is 0 Å². The molecule has 7 aliphatic rings. The zero-order valence-electron chi connectivity index (χ0n) is 16.0. The molecule has 7 atom stereocenters. The van der Waals surface area contributed by atoms with E-state index in [9.17, 15) is 5.11 Å². The van der Waals surface area contributed by atoms with Gasteiger partial charge in [-0.15, -0.1) is 0 Å². The van der Waals surface area contributed by atoms with Gasteiger partial charge in [-0.2, -0.15) is 0 Å². The second-order valence-corrected chi connectivity index (χ2v) is 10.4. The number of fused-ring (bicyclic) bond motifs is 3. The number of nitrogens with one attached hydrogen (secondary N) is 2. The van der Waals surface area contributed by atoms with Crippen molar-refractivity contribution in [2.75, 3.05) is 19.6 Å². The molecule has 0 aromatic heterocycles. The molecule has 7 unspecified atom stereocenters. The largest absolute Gasteiger partial charge is 0.389 e. The Morgan fingerprint density at radius 2 is 2.12 bits per heavy atom. The van der Waals surface area contributed by atoms with Gasteiger partial charge in [0.25, 0.3) is 0 Å². The van der Waals surface area contributed by atoms with Crippen LogP contribution in [0.3, 0.4) is 0 Å². The van der Waals surface area contributed by atoms with Crippen molar-refractivity contribution < 1.29 is 5.11 Å². The third-order valence-electron chi connectivity index (χ3n) is 9.73. The first-order valence-corrected chi connectivity index (χ1v) is 11.4. The molecule has 0 radical (unpaired) electrons. The molecule has 4 fully saturated rings. The van der Waals surface area contributed by atoms with Gasteiger partial charge in [-0.1, -0.05) is 19.8 Å². The number of allylic oxidation sites excluding steroid dienone is 3. The molecule has 3 N–H and O–H groups in total. The summed E-state index contributed by atoms with van der Waals surface area (Å²) in [7, 11) is 0. The molecule has 2 aliphatic heterocycles. The summed E-state index contributed by atoms with van der Waals surface area (Å²) in [6.07, 6.45) is 9.80. The van der Waals surface area contributed by atoms with Crippen LogP contribution in [-0.2, 0) is 0 Å². The van der Waals surface area contributed by atoms with Crippen molar-refractivity contribution in [2.24, 2.45) is 28.6 Å². The maximum Gasteiger partial charge on any atom is 0.0786 e. The second-order valence-electron chi connectivity index (χ2n) is 10.4. The van der Waals surface area contributed by atoms with Crippen LogP contribution >= 0.6 is 0 Å². The summed E-state index contributed by atoms with van der Waals surface area (Å²) in [6.45, 7) is 5.69. The van der Waals surface area contributed by atoms with E-state index in [0.717, 1.165) is 44.3 Å². The fraction of sp³-hybridized carbons (Fsp3) is 0.826. The van der Waals surface area contributed by atoms with Crippen LogP contribution in [0, 0.1) is 28.6 Å². The van der Waals surface area contributed by atoms with Crippen molar-refractivity contribution >= 4 is 0 Å². The van der Waals surface area contributed by atoms with Crippen LogP contribution < -0.4 is 10.6 Å². The predicted octanol–water partition coefficient (Wildman–Crippen LogP) is 2.92. The lowest BCUT2D eigenvalue weighted by molar-refractivity contribution is -0.123. The van der Waals surface area contributed by atoms with Crippen LogP contribution in [0.5, 0.6) is 0 Å². The molecule has 2 heterocycles. The Balaban J connectivity index is 1.31. The summed E-state index contributed by atoms with van der Waals surface area (Å²) < 4.78 is 0. The second kappa shape index (κ2) is 4.50. The lowest BCUT2D eigenvalue weighted by Gasteiger charge is -2.64. The zero-order chi connectivity index (χ0) is 17.3. The third kappa shape index (κ3) is 1.28. The smallest absolute Gasteiger partial charge is 0.0786 e. The summed E-state index contributed by atoms with van der Waals surface area (Å²) in [6, 6.07) is 0.535. The Morgan fingerprint density at radius 3 is 3.00 bits per heavy atom.